The van der Waals surface area contributed by atoms with Crippen LogP contribution in [0.4, 0.5) is 0 Å². The van der Waals surface area contributed by atoms with E-state index in [2.05, 4.69) is 27.7 Å². The highest BCUT2D eigenvalue weighted by Crippen LogP contribution is 2.17. The number of carbonyl (C=O) groups excluding carboxylic acids is 2. The van der Waals surface area contributed by atoms with E-state index in [1.165, 1.54) is 57.8 Å². The minimum absolute atomic E-state index is 0.00471. The molecule has 0 amide bonds. The van der Waals surface area contributed by atoms with Gasteiger partial charge in [-0.15, -0.1) is 0 Å². The topological polar surface area (TPSA) is 52.6 Å². The van der Waals surface area contributed by atoms with E-state index in [4.69, 9.17) is 9.47 Å². The average molecular weight is 511 g/mol. The van der Waals surface area contributed by atoms with Crippen LogP contribution in [0.3, 0.4) is 0 Å². The summed E-state index contributed by atoms with van der Waals surface area (Å²) in [6.07, 6.45) is 25.6. The van der Waals surface area contributed by atoms with E-state index in [1.54, 1.807) is 0 Å². The summed E-state index contributed by atoms with van der Waals surface area (Å²) in [5, 5.41) is 0. The van der Waals surface area contributed by atoms with E-state index in [-0.39, 0.29) is 18.0 Å². The molecule has 36 heavy (non-hydrogen) atoms. The van der Waals surface area contributed by atoms with Crippen LogP contribution in [-0.2, 0) is 19.1 Å². The van der Waals surface area contributed by atoms with Gasteiger partial charge in [-0.1, -0.05) is 124 Å². The molecule has 0 saturated heterocycles. The molecule has 0 saturated carbocycles. The number of rotatable bonds is 27. The Morgan fingerprint density at radius 1 is 0.528 bits per heavy atom. The van der Waals surface area contributed by atoms with Crippen LogP contribution >= 0.6 is 0 Å². The van der Waals surface area contributed by atoms with E-state index in [0.717, 1.165) is 77.0 Å². The summed E-state index contributed by atoms with van der Waals surface area (Å²) in [6, 6.07) is 0. The van der Waals surface area contributed by atoms with Crippen LogP contribution in [0.2, 0.25) is 0 Å². The summed E-state index contributed by atoms with van der Waals surface area (Å²) in [4.78, 5) is 24.3. The molecule has 0 aliphatic heterocycles. The lowest BCUT2D eigenvalue weighted by atomic mass is 10.0. The van der Waals surface area contributed by atoms with Crippen molar-refractivity contribution in [2.45, 2.75) is 181 Å². The molecule has 0 aromatic heterocycles. The highest BCUT2D eigenvalue weighted by Gasteiger charge is 2.14. The number of ether oxygens (including phenoxy) is 2. The van der Waals surface area contributed by atoms with Gasteiger partial charge in [0.1, 0.15) is 6.10 Å². The van der Waals surface area contributed by atoms with E-state index < -0.39 is 0 Å². The van der Waals surface area contributed by atoms with Gasteiger partial charge in [0, 0.05) is 12.8 Å². The van der Waals surface area contributed by atoms with Crippen LogP contribution in [-0.4, -0.2) is 24.6 Å². The van der Waals surface area contributed by atoms with Crippen LogP contribution in [0, 0.1) is 5.92 Å². The Bertz CT molecular complexity index is 491. The smallest absolute Gasteiger partial charge is 0.306 e. The second-order valence-electron chi connectivity index (χ2n) is 10.9. The maximum absolute atomic E-state index is 12.3. The van der Waals surface area contributed by atoms with Gasteiger partial charge in [0.25, 0.3) is 0 Å². The summed E-state index contributed by atoms with van der Waals surface area (Å²) in [5.41, 5.74) is 0. The first-order valence-corrected chi connectivity index (χ1v) is 15.9. The second-order valence-corrected chi connectivity index (χ2v) is 10.9. The van der Waals surface area contributed by atoms with Crippen LogP contribution in [0.5, 0.6) is 0 Å². The minimum atomic E-state index is -0.0353. The molecule has 0 spiro atoms. The zero-order valence-corrected chi connectivity index (χ0v) is 24.8. The lowest BCUT2D eigenvalue weighted by molar-refractivity contribution is -0.150. The Morgan fingerprint density at radius 2 is 1.06 bits per heavy atom. The highest BCUT2D eigenvalue weighted by atomic mass is 16.5. The predicted molar refractivity (Wildman–Crippen MR) is 153 cm³/mol. The molecule has 2 atom stereocenters. The van der Waals surface area contributed by atoms with E-state index in [1.807, 2.05) is 0 Å². The summed E-state index contributed by atoms with van der Waals surface area (Å²) in [6.45, 7) is 9.39. The molecule has 0 fully saturated rings. The van der Waals surface area contributed by atoms with Crippen LogP contribution in [0.25, 0.3) is 0 Å². The third-order valence-corrected chi connectivity index (χ3v) is 7.32. The molecule has 0 aromatic carbocycles. The summed E-state index contributed by atoms with van der Waals surface area (Å²) in [5.74, 6) is 0.478. The number of carbonyl (C=O) groups is 2. The zero-order valence-electron chi connectivity index (χ0n) is 24.8. The van der Waals surface area contributed by atoms with Gasteiger partial charge in [-0.05, 0) is 44.4 Å². The largest absolute Gasteiger partial charge is 0.465 e. The van der Waals surface area contributed by atoms with Gasteiger partial charge in [0.2, 0.25) is 0 Å². The zero-order chi connectivity index (χ0) is 26.7. The molecule has 214 valence electrons. The van der Waals surface area contributed by atoms with Crippen molar-refractivity contribution >= 4 is 11.9 Å². The number of esters is 2. The lowest BCUT2D eigenvalue weighted by Crippen LogP contribution is -2.18. The Balaban J connectivity index is 3.76. The van der Waals surface area contributed by atoms with Gasteiger partial charge in [-0.3, -0.25) is 9.59 Å². The monoisotopic (exact) mass is 510 g/mol. The Kier molecular flexibility index (Phi) is 26.2. The molecule has 4 heteroatoms. The summed E-state index contributed by atoms with van der Waals surface area (Å²) >= 11 is 0. The van der Waals surface area contributed by atoms with Gasteiger partial charge in [0.05, 0.1) is 6.61 Å². The first-order valence-electron chi connectivity index (χ1n) is 15.9. The molecule has 2 unspecified atom stereocenters. The van der Waals surface area contributed by atoms with E-state index >= 15 is 0 Å². The first kappa shape index (κ1) is 34.9. The highest BCUT2D eigenvalue weighted by molar-refractivity contribution is 5.69. The lowest BCUT2D eigenvalue weighted by Gasteiger charge is -2.17. The molecule has 0 bridgehead atoms. The van der Waals surface area contributed by atoms with Gasteiger partial charge in [-0.2, -0.15) is 0 Å². The van der Waals surface area contributed by atoms with Crippen LogP contribution < -0.4 is 0 Å². The predicted octanol–water partition coefficient (Wildman–Crippen LogP) is 10.1. The molecule has 0 rings (SSSR count). The minimum Gasteiger partial charge on any atom is -0.465 e. The van der Waals surface area contributed by atoms with Crippen LogP contribution in [0.15, 0.2) is 0 Å². The fourth-order valence-corrected chi connectivity index (χ4v) is 4.76. The van der Waals surface area contributed by atoms with Crippen molar-refractivity contribution in [2.75, 3.05) is 6.61 Å². The molecule has 0 aliphatic rings. The van der Waals surface area contributed by atoms with Gasteiger partial charge < -0.3 is 9.47 Å². The van der Waals surface area contributed by atoms with E-state index in [9.17, 15) is 9.59 Å². The fraction of sp³-hybridized carbons (Fsp3) is 0.938. The van der Waals surface area contributed by atoms with Crippen molar-refractivity contribution in [3.05, 3.63) is 0 Å². The SMILES string of the molecule is CCCCCCCCCCCC(=O)OC(CCC)CCCCCCCC(=O)OCC(CC)CCCC. The van der Waals surface area contributed by atoms with Gasteiger partial charge >= 0.3 is 11.9 Å². The first-order chi connectivity index (χ1) is 17.6. The van der Waals surface area contributed by atoms with Crippen molar-refractivity contribution in [2.24, 2.45) is 5.92 Å². The van der Waals surface area contributed by atoms with Crippen LogP contribution in [0.1, 0.15) is 175 Å². The molecule has 0 N–H and O–H groups in total. The van der Waals surface area contributed by atoms with Crippen molar-refractivity contribution < 1.29 is 19.1 Å². The number of hydrogen-bond acceptors (Lipinski definition) is 4. The molecular formula is C32H62O4. The van der Waals surface area contributed by atoms with Crippen molar-refractivity contribution in [1.82, 2.24) is 0 Å². The number of unbranched alkanes of at least 4 members (excludes halogenated alkanes) is 13. The molecule has 0 heterocycles. The average Bonchev–Trinajstić information content (AvgIpc) is 2.87. The second kappa shape index (κ2) is 27.0. The normalized spacial score (nSPS) is 12.9. The Morgan fingerprint density at radius 3 is 1.61 bits per heavy atom. The summed E-state index contributed by atoms with van der Waals surface area (Å²) in [7, 11) is 0. The van der Waals surface area contributed by atoms with E-state index in [0.29, 0.717) is 25.4 Å². The maximum Gasteiger partial charge on any atom is 0.306 e. The van der Waals surface area contributed by atoms with Crippen molar-refractivity contribution in [3.63, 3.8) is 0 Å². The summed E-state index contributed by atoms with van der Waals surface area (Å²) < 4.78 is 11.3. The Labute approximate surface area is 225 Å². The molecule has 0 aliphatic carbocycles. The third kappa shape index (κ3) is 23.3. The molecular weight excluding hydrogens is 448 g/mol. The Hall–Kier alpha value is -1.06. The molecule has 0 radical (unpaired) electrons. The quantitative estimate of drug-likeness (QED) is 0.0814. The molecule has 0 aromatic rings. The standard InChI is InChI=1S/C32H62O4/c1-5-9-11-12-13-14-15-18-22-27-32(34)36-30(23-7-3)25-20-17-16-19-21-26-31(33)35-28-29(8-4)24-10-6-2/h29-30H,5-28H2,1-4H3. The third-order valence-electron chi connectivity index (χ3n) is 7.32. The van der Waals surface area contributed by atoms with Crippen molar-refractivity contribution in [3.8, 4) is 0 Å². The molecule has 4 nitrogen and oxygen atoms in total. The number of hydrogen-bond donors (Lipinski definition) is 0. The van der Waals surface area contributed by atoms with Crippen molar-refractivity contribution in [1.29, 1.82) is 0 Å². The van der Waals surface area contributed by atoms with Gasteiger partial charge in [0.15, 0.2) is 0 Å². The maximum atomic E-state index is 12.3. The van der Waals surface area contributed by atoms with Gasteiger partial charge in [-0.25, -0.2) is 0 Å². The fourth-order valence-electron chi connectivity index (χ4n) is 4.76.